The first-order chi connectivity index (χ1) is 15.6. The average molecular weight is 440 g/mol. The van der Waals surface area contributed by atoms with Crippen LogP contribution in [0.1, 0.15) is 24.5 Å². The number of likely N-dealkylation sites (N-methyl/N-ethyl adjacent to an activating group) is 1. The van der Waals surface area contributed by atoms with Gasteiger partial charge in [0.05, 0.1) is 13.7 Å². The van der Waals surface area contributed by atoms with Gasteiger partial charge in [0.15, 0.2) is 17.5 Å². The van der Waals surface area contributed by atoms with E-state index in [9.17, 15) is 0 Å². The largest absolute Gasteiger partial charge is 0.493 e. The fourth-order valence-electron chi connectivity index (χ4n) is 3.80. The van der Waals surface area contributed by atoms with E-state index in [0.29, 0.717) is 30.6 Å². The number of hydrogen-bond acceptors (Lipinski definition) is 5. The minimum absolute atomic E-state index is 0.581. The van der Waals surface area contributed by atoms with Crippen molar-refractivity contribution >= 4 is 11.6 Å². The lowest BCUT2D eigenvalue weighted by atomic mass is 10.1. The van der Waals surface area contributed by atoms with Gasteiger partial charge in [-0.15, -0.1) is 0 Å². The van der Waals surface area contributed by atoms with Gasteiger partial charge in [-0.1, -0.05) is 24.3 Å². The molecule has 0 atom stereocenters. The van der Waals surface area contributed by atoms with Gasteiger partial charge in [-0.3, -0.25) is 9.89 Å². The lowest BCUT2D eigenvalue weighted by Crippen LogP contribution is -2.30. The molecule has 2 aromatic carbocycles. The summed E-state index contributed by atoms with van der Waals surface area (Å²) in [5.74, 6) is 2.13. The Morgan fingerprint density at radius 3 is 2.50 bits per heavy atom. The van der Waals surface area contributed by atoms with Gasteiger partial charge in [0.1, 0.15) is 0 Å². The number of nitrogens with one attached hydrogen (secondary N) is 2. The van der Waals surface area contributed by atoms with E-state index < -0.39 is 0 Å². The third kappa shape index (κ3) is 7.14. The number of guanidine groups is 1. The predicted molar refractivity (Wildman–Crippen MR) is 132 cm³/mol. The van der Waals surface area contributed by atoms with Crippen molar-refractivity contribution in [1.82, 2.24) is 15.1 Å². The monoisotopic (exact) mass is 439 g/mol. The first-order valence-electron chi connectivity index (χ1n) is 11.4. The molecule has 7 nitrogen and oxygen atoms in total. The van der Waals surface area contributed by atoms with E-state index in [1.807, 2.05) is 25.1 Å². The van der Waals surface area contributed by atoms with Crippen LogP contribution in [-0.4, -0.2) is 69.8 Å². The third-order valence-electron chi connectivity index (χ3n) is 5.65. The van der Waals surface area contributed by atoms with E-state index in [4.69, 9.17) is 9.47 Å². The van der Waals surface area contributed by atoms with E-state index >= 15 is 0 Å². The second-order valence-electron chi connectivity index (χ2n) is 8.10. The van der Waals surface area contributed by atoms with Crippen LogP contribution in [0, 0.1) is 0 Å². The van der Waals surface area contributed by atoms with Gasteiger partial charge < -0.3 is 25.0 Å². The van der Waals surface area contributed by atoms with Crippen molar-refractivity contribution in [2.45, 2.75) is 26.4 Å². The minimum atomic E-state index is 0.581. The molecule has 1 saturated heterocycles. The first kappa shape index (κ1) is 23.9. The number of nitrogens with zero attached hydrogens (tertiary/aromatic N) is 3. The molecule has 3 rings (SSSR count). The maximum atomic E-state index is 5.66. The summed E-state index contributed by atoms with van der Waals surface area (Å²) in [5, 5.41) is 6.70. The number of hydrogen-bond donors (Lipinski definition) is 2. The molecule has 0 aliphatic carbocycles. The maximum Gasteiger partial charge on any atom is 0.195 e. The fourth-order valence-corrected chi connectivity index (χ4v) is 3.80. The van der Waals surface area contributed by atoms with Crippen LogP contribution in [-0.2, 0) is 13.1 Å². The third-order valence-corrected chi connectivity index (χ3v) is 5.65. The molecule has 0 bridgehead atoms. The molecule has 0 spiro atoms. The number of aliphatic imine (C=N–C) groups is 1. The van der Waals surface area contributed by atoms with Crippen LogP contribution in [0.15, 0.2) is 47.5 Å². The molecule has 2 N–H and O–H groups in total. The van der Waals surface area contributed by atoms with Gasteiger partial charge in [0, 0.05) is 45.0 Å². The Kier molecular flexibility index (Phi) is 9.19. The van der Waals surface area contributed by atoms with Gasteiger partial charge >= 0.3 is 0 Å². The summed E-state index contributed by atoms with van der Waals surface area (Å²) in [7, 11) is 5.62. The fraction of sp³-hybridized carbons (Fsp3) is 0.480. The van der Waals surface area contributed by atoms with Crippen LogP contribution in [0.5, 0.6) is 11.5 Å². The molecule has 32 heavy (non-hydrogen) atoms. The van der Waals surface area contributed by atoms with E-state index in [1.54, 1.807) is 14.2 Å². The van der Waals surface area contributed by atoms with Crippen LogP contribution in [0.4, 0.5) is 5.69 Å². The molecule has 0 radical (unpaired) electrons. The number of rotatable bonds is 8. The Morgan fingerprint density at radius 1 is 1.00 bits per heavy atom. The van der Waals surface area contributed by atoms with Crippen LogP contribution in [0.3, 0.4) is 0 Å². The number of ether oxygens (including phenoxy) is 2. The van der Waals surface area contributed by atoms with E-state index in [1.165, 1.54) is 30.6 Å². The quantitative estimate of drug-likeness (QED) is 0.486. The minimum Gasteiger partial charge on any atom is -0.493 e. The first-order valence-corrected chi connectivity index (χ1v) is 11.4. The maximum absolute atomic E-state index is 5.66. The molecule has 0 saturated carbocycles. The molecule has 174 valence electrons. The molecule has 1 aliphatic rings. The molecule has 0 aromatic heterocycles. The molecule has 7 heteroatoms. The van der Waals surface area contributed by atoms with Gasteiger partial charge in [0.2, 0.25) is 0 Å². The highest BCUT2D eigenvalue weighted by atomic mass is 16.5. The molecule has 1 heterocycles. The van der Waals surface area contributed by atoms with Gasteiger partial charge in [-0.25, -0.2) is 0 Å². The molecule has 2 aromatic rings. The van der Waals surface area contributed by atoms with Crippen LogP contribution in [0.2, 0.25) is 0 Å². The van der Waals surface area contributed by atoms with Gasteiger partial charge in [0.25, 0.3) is 0 Å². The SMILES string of the molecule is CCOc1cc(NC(=NC)NCc2ccc(CN3CCCN(C)CC3)cc2)ccc1OC. The van der Waals surface area contributed by atoms with Crippen molar-refractivity contribution in [3.05, 3.63) is 53.6 Å². The molecule has 1 aliphatic heterocycles. The van der Waals surface area contributed by atoms with E-state index in [0.717, 1.165) is 25.3 Å². The lowest BCUT2D eigenvalue weighted by molar-refractivity contribution is 0.269. The van der Waals surface area contributed by atoms with Crippen molar-refractivity contribution in [1.29, 1.82) is 0 Å². The smallest absolute Gasteiger partial charge is 0.195 e. The highest BCUT2D eigenvalue weighted by Crippen LogP contribution is 2.30. The summed E-state index contributed by atoms with van der Waals surface area (Å²) < 4.78 is 11.0. The molecule has 1 fully saturated rings. The normalized spacial score (nSPS) is 15.8. The second kappa shape index (κ2) is 12.3. The molecular formula is C25H37N5O2. The summed E-state index contributed by atoms with van der Waals surface area (Å²) >= 11 is 0. The number of anilines is 1. The highest BCUT2D eigenvalue weighted by Gasteiger charge is 2.12. The van der Waals surface area contributed by atoms with Crippen molar-refractivity contribution in [2.24, 2.45) is 4.99 Å². The Labute approximate surface area is 192 Å². The predicted octanol–water partition coefficient (Wildman–Crippen LogP) is 3.42. The zero-order valence-corrected chi connectivity index (χ0v) is 19.9. The van der Waals surface area contributed by atoms with Crippen molar-refractivity contribution in [3.8, 4) is 11.5 Å². The van der Waals surface area contributed by atoms with Crippen LogP contribution >= 0.6 is 0 Å². The highest BCUT2D eigenvalue weighted by molar-refractivity contribution is 5.93. The average Bonchev–Trinajstić information content (AvgIpc) is 3.02. The lowest BCUT2D eigenvalue weighted by Gasteiger charge is -2.20. The molecule has 0 amide bonds. The number of methoxy groups -OCH3 is 1. The summed E-state index contributed by atoms with van der Waals surface area (Å²) in [5.41, 5.74) is 3.47. The van der Waals surface area contributed by atoms with Crippen molar-refractivity contribution in [2.75, 3.05) is 59.3 Å². The van der Waals surface area contributed by atoms with Crippen LogP contribution < -0.4 is 20.1 Å². The van der Waals surface area contributed by atoms with Crippen LogP contribution in [0.25, 0.3) is 0 Å². The van der Waals surface area contributed by atoms with Crippen molar-refractivity contribution in [3.63, 3.8) is 0 Å². The number of benzene rings is 2. The molecular weight excluding hydrogens is 402 g/mol. The Balaban J connectivity index is 1.52. The summed E-state index contributed by atoms with van der Waals surface area (Å²) in [6.07, 6.45) is 1.24. The Morgan fingerprint density at radius 2 is 1.78 bits per heavy atom. The van der Waals surface area contributed by atoms with Crippen molar-refractivity contribution < 1.29 is 9.47 Å². The summed E-state index contributed by atoms with van der Waals surface area (Å²) in [6, 6.07) is 14.6. The topological polar surface area (TPSA) is 61.4 Å². The standard InChI is InChI=1S/C25H37N5O2/c1-5-32-24-17-22(11-12-23(24)31-4)28-25(26-2)27-18-20-7-9-21(10-8-20)19-30-14-6-13-29(3)15-16-30/h7-12,17H,5-6,13-16,18-19H2,1-4H3,(H2,26,27,28). The summed E-state index contributed by atoms with van der Waals surface area (Å²) in [4.78, 5) is 9.30. The summed E-state index contributed by atoms with van der Waals surface area (Å²) in [6.45, 7) is 8.90. The Bertz CT molecular complexity index is 869. The van der Waals surface area contributed by atoms with E-state index in [2.05, 4.69) is 56.7 Å². The van der Waals surface area contributed by atoms with Gasteiger partial charge in [-0.05, 0) is 56.7 Å². The Hall–Kier alpha value is -2.77. The second-order valence-corrected chi connectivity index (χ2v) is 8.10. The zero-order valence-electron chi connectivity index (χ0n) is 19.9. The van der Waals surface area contributed by atoms with E-state index in [-0.39, 0.29) is 0 Å². The van der Waals surface area contributed by atoms with Gasteiger partial charge in [-0.2, -0.15) is 0 Å². The molecule has 0 unspecified atom stereocenters. The zero-order chi connectivity index (χ0) is 22.8.